The number of anilines is 2. The predicted octanol–water partition coefficient (Wildman–Crippen LogP) is 3.39. The second kappa shape index (κ2) is 11.3. The maximum atomic E-state index is 13.4. The predicted molar refractivity (Wildman–Crippen MR) is 135 cm³/mol. The van der Waals surface area contributed by atoms with Crippen LogP contribution in [-0.4, -0.2) is 39.6 Å². The molecule has 0 fully saturated rings. The maximum Gasteiger partial charge on any atom is 0.264 e. The van der Waals surface area contributed by atoms with Gasteiger partial charge in [-0.25, -0.2) is 13.8 Å². The van der Waals surface area contributed by atoms with Crippen molar-refractivity contribution in [2.75, 3.05) is 23.3 Å². The van der Waals surface area contributed by atoms with Crippen molar-refractivity contribution in [3.8, 4) is 5.75 Å². The fourth-order valence-electron chi connectivity index (χ4n) is 3.23. The largest absolute Gasteiger partial charge is 0.495 e. The Labute approximate surface area is 204 Å². The van der Waals surface area contributed by atoms with Gasteiger partial charge in [-0.05, 0) is 48.9 Å². The minimum absolute atomic E-state index is 0.0395. The third-order valence-corrected chi connectivity index (χ3v) is 6.72. The van der Waals surface area contributed by atoms with Gasteiger partial charge in [-0.3, -0.25) is 13.9 Å². The van der Waals surface area contributed by atoms with Crippen LogP contribution < -0.4 is 19.8 Å². The van der Waals surface area contributed by atoms with Crippen LogP contribution >= 0.6 is 0 Å². The molecule has 0 aliphatic rings. The number of para-hydroxylation sites is 2. The van der Waals surface area contributed by atoms with Gasteiger partial charge in [0.15, 0.2) is 0 Å². The molecule has 3 aromatic rings. The van der Waals surface area contributed by atoms with E-state index < -0.39 is 22.5 Å². The number of ether oxygens (including phenoxy) is 1. The molecular weight excluding hydrogens is 468 g/mol. The van der Waals surface area contributed by atoms with Crippen molar-refractivity contribution in [1.82, 2.24) is 5.43 Å². The first-order valence-corrected chi connectivity index (χ1v) is 12.1. The third kappa shape index (κ3) is 6.45. The smallest absolute Gasteiger partial charge is 0.264 e. The summed E-state index contributed by atoms with van der Waals surface area (Å²) in [6.07, 6.45) is 0. The molecule has 0 aliphatic heterocycles. The van der Waals surface area contributed by atoms with Crippen LogP contribution in [0.4, 0.5) is 11.4 Å². The number of sulfonamides is 1. The number of hydrogen-bond donors (Lipinski definition) is 2. The molecule has 0 radical (unpaired) electrons. The lowest BCUT2D eigenvalue weighted by molar-refractivity contribution is -0.119. The number of hydrazone groups is 1. The van der Waals surface area contributed by atoms with Crippen LogP contribution in [0.5, 0.6) is 5.75 Å². The van der Waals surface area contributed by atoms with Crippen molar-refractivity contribution >= 4 is 38.9 Å². The zero-order chi connectivity index (χ0) is 25.4. The number of benzene rings is 3. The second-order valence-electron chi connectivity index (χ2n) is 7.49. The summed E-state index contributed by atoms with van der Waals surface area (Å²) in [6, 6.07) is 21.3. The van der Waals surface area contributed by atoms with E-state index in [9.17, 15) is 18.0 Å². The van der Waals surface area contributed by atoms with Gasteiger partial charge in [0.05, 0.1) is 23.4 Å². The van der Waals surface area contributed by atoms with E-state index >= 15 is 0 Å². The summed E-state index contributed by atoms with van der Waals surface area (Å²) in [5.74, 6) is -0.510. The van der Waals surface area contributed by atoms with Crippen molar-refractivity contribution < 1.29 is 22.7 Å². The Morgan fingerprint density at radius 1 is 0.914 bits per heavy atom. The van der Waals surface area contributed by atoms with Gasteiger partial charge in [-0.15, -0.1) is 0 Å². The van der Waals surface area contributed by atoms with Crippen molar-refractivity contribution in [2.45, 2.75) is 18.7 Å². The van der Waals surface area contributed by atoms with Gasteiger partial charge in [0.2, 0.25) is 5.91 Å². The van der Waals surface area contributed by atoms with E-state index in [1.807, 2.05) is 0 Å². The number of methoxy groups -OCH3 is 1. The number of carbonyl (C=O) groups is 2. The summed E-state index contributed by atoms with van der Waals surface area (Å²) in [5.41, 5.74) is 4.50. The lowest BCUT2D eigenvalue weighted by atomic mass is 10.1. The first-order chi connectivity index (χ1) is 16.7. The number of amides is 2. The summed E-state index contributed by atoms with van der Waals surface area (Å²) < 4.78 is 33.2. The van der Waals surface area contributed by atoms with Crippen LogP contribution in [0.1, 0.15) is 19.4 Å². The van der Waals surface area contributed by atoms with Gasteiger partial charge in [-0.2, -0.15) is 5.10 Å². The molecule has 0 saturated carbocycles. The van der Waals surface area contributed by atoms with Gasteiger partial charge >= 0.3 is 0 Å². The van der Waals surface area contributed by atoms with Crippen LogP contribution in [0, 0.1) is 0 Å². The molecule has 182 valence electrons. The van der Waals surface area contributed by atoms with Gasteiger partial charge < -0.3 is 10.1 Å². The lowest BCUT2D eigenvalue weighted by Gasteiger charge is -2.25. The highest BCUT2D eigenvalue weighted by molar-refractivity contribution is 7.92. The molecule has 3 aromatic carbocycles. The molecule has 0 aliphatic carbocycles. The molecule has 0 unspecified atom stereocenters. The third-order valence-electron chi connectivity index (χ3n) is 4.94. The van der Waals surface area contributed by atoms with E-state index in [2.05, 4.69) is 15.8 Å². The topological polar surface area (TPSA) is 117 Å². The molecule has 2 amide bonds. The van der Waals surface area contributed by atoms with Gasteiger partial charge in [0, 0.05) is 12.6 Å². The minimum Gasteiger partial charge on any atom is -0.495 e. The highest BCUT2D eigenvalue weighted by atomic mass is 32.2. The number of nitrogens with one attached hydrogen (secondary N) is 2. The fourth-order valence-corrected chi connectivity index (χ4v) is 4.68. The number of hydrogen-bond acceptors (Lipinski definition) is 6. The van der Waals surface area contributed by atoms with Crippen molar-refractivity contribution in [1.29, 1.82) is 0 Å². The number of nitrogens with zero attached hydrogens (tertiary/aromatic N) is 2. The van der Waals surface area contributed by atoms with E-state index in [-0.39, 0.29) is 16.5 Å². The highest BCUT2D eigenvalue weighted by Gasteiger charge is 2.29. The molecule has 9 nitrogen and oxygen atoms in total. The van der Waals surface area contributed by atoms with E-state index in [0.29, 0.717) is 17.1 Å². The summed E-state index contributed by atoms with van der Waals surface area (Å²) in [4.78, 5) is 24.0. The fraction of sp³-hybridized carbons (Fsp3) is 0.160. The summed E-state index contributed by atoms with van der Waals surface area (Å²) in [6.45, 7) is 2.60. The minimum atomic E-state index is -4.08. The Kier molecular flexibility index (Phi) is 8.21. The molecular formula is C25H26N4O5S. The Bertz CT molecular complexity index is 1320. The summed E-state index contributed by atoms with van der Waals surface area (Å²) >= 11 is 0. The van der Waals surface area contributed by atoms with E-state index in [4.69, 9.17) is 4.74 Å². The Balaban J connectivity index is 1.84. The SMILES string of the molecule is COc1ccccc1N(CC(=O)N/N=C(/C)c1ccc(NC(C)=O)cc1)S(=O)(=O)c1ccccc1. The maximum absolute atomic E-state index is 13.4. The first kappa shape index (κ1) is 25.4. The summed E-state index contributed by atoms with van der Waals surface area (Å²) in [5, 5.41) is 6.78. The van der Waals surface area contributed by atoms with Crippen molar-refractivity contribution in [3.63, 3.8) is 0 Å². The molecule has 35 heavy (non-hydrogen) atoms. The van der Waals surface area contributed by atoms with Crippen LogP contribution in [0.3, 0.4) is 0 Å². The van der Waals surface area contributed by atoms with Crippen LogP contribution in [0.15, 0.2) is 88.9 Å². The molecule has 2 N–H and O–H groups in total. The van der Waals surface area contributed by atoms with Gasteiger partial charge in [-0.1, -0.05) is 42.5 Å². The molecule has 0 aromatic heterocycles. The Morgan fingerprint density at radius 2 is 1.54 bits per heavy atom. The molecule has 0 heterocycles. The first-order valence-electron chi connectivity index (χ1n) is 10.6. The Hall–Kier alpha value is -4.18. The standard InChI is InChI=1S/C25H26N4O5S/c1-18(20-13-15-21(16-14-20)26-19(2)30)27-28-25(31)17-29(23-11-7-8-12-24(23)34-3)35(32,33)22-9-5-4-6-10-22/h4-16H,17H2,1-3H3,(H,26,30)(H,28,31)/b27-18-. The van der Waals surface area contributed by atoms with E-state index in [1.165, 1.54) is 26.2 Å². The van der Waals surface area contributed by atoms with Gasteiger partial charge in [0.25, 0.3) is 15.9 Å². The van der Waals surface area contributed by atoms with E-state index in [1.54, 1.807) is 73.7 Å². The molecule has 0 saturated heterocycles. The average Bonchev–Trinajstić information content (AvgIpc) is 2.86. The zero-order valence-corrected chi connectivity index (χ0v) is 20.4. The molecule has 0 spiro atoms. The van der Waals surface area contributed by atoms with Crippen LogP contribution in [0.2, 0.25) is 0 Å². The second-order valence-corrected chi connectivity index (χ2v) is 9.35. The lowest BCUT2D eigenvalue weighted by Crippen LogP contribution is -2.40. The molecule has 10 heteroatoms. The van der Waals surface area contributed by atoms with Crippen LogP contribution in [-0.2, 0) is 19.6 Å². The quantitative estimate of drug-likeness (QED) is 0.349. The van der Waals surface area contributed by atoms with E-state index in [0.717, 1.165) is 9.87 Å². The molecule has 0 bridgehead atoms. The summed E-state index contributed by atoms with van der Waals surface area (Å²) in [7, 11) is -2.65. The number of carbonyl (C=O) groups excluding carboxylic acids is 2. The normalized spacial score (nSPS) is 11.5. The van der Waals surface area contributed by atoms with Crippen molar-refractivity contribution in [3.05, 3.63) is 84.4 Å². The molecule has 0 atom stereocenters. The zero-order valence-electron chi connectivity index (χ0n) is 19.6. The Morgan fingerprint density at radius 3 is 2.17 bits per heavy atom. The van der Waals surface area contributed by atoms with Crippen molar-refractivity contribution in [2.24, 2.45) is 5.10 Å². The number of rotatable bonds is 9. The highest BCUT2D eigenvalue weighted by Crippen LogP contribution is 2.32. The van der Waals surface area contributed by atoms with Gasteiger partial charge in [0.1, 0.15) is 12.3 Å². The monoisotopic (exact) mass is 494 g/mol. The van der Waals surface area contributed by atoms with Crippen LogP contribution in [0.25, 0.3) is 0 Å². The molecule has 3 rings (SSSR count). The average molecular weight is 495 g/mol.